The molecule has 0 spiro atoms. The molecule has 4 rings (SSSR count). The molecule has 2 aromatic heterocycles. The Hall–Kier alpha value is -3.19. The van der Waals surface area contributed by atoms with E-state index >= 15 is 0 Å². The number of hydrogen-bond acceptors (Lipinski definition) is 4. The summed E-state index contributed by atoms with van der Waals surface area (Å²) in [6, 6.07) is 16.9. The minimum Gasteiger partial charge on any atom is -0.469 e. The number of carbonyl (C=O) groups excluding carboxylic acids is 1. The van der Waals surface area contributed by atoms with Gasteiger partial charge in [0.2, 0.25) is 0 Å². The van der Waals surface area contributed by atoms with Crippen LogP contribution in [0, 0.1) is 13.8 Å². The van der Waals surface area contributed by atoms with Crippen LogP contribution in [0.3, 0.4) is 0 Å². The number of ether oxygens (including phenoxy) is 1. The molecular formula is C27H32N4O2S. The Kier molecular flexibility index (Phi) is 7.32. The van der Waals surface area contributed by atoms with Gasteiger partial charge in [0.05, 0.1) is 24.9 Å². The van der Waals surface area contributed by atoms with Gasteiger partial charge in [0.25, 0.3) is 0 Å². The van der Waals surface area contributed by atoms with Crippen molar-refractivity contribution in [2.45, 2.75) is 52.1 Å². The molecule has 34 heavy (non-hydrogen) atoms. The van der Waals surface area contributed by atoms with Crippen molar-refractivity contribution in [3.05, 3.63) is 82.9 Å². The van der Waals surface area contributed by atoms with Crippen molar-refractivity contribution in [1.82, 2.24) is 19.8 Å². The largest absolute Gasteiger partial charge is 0.469 e. The smallest absolute Gasteiger partial charge is 0.305 e. The fourth-order valence-corrected chi connectivity index (χ4v) is 5.18. The molecule has 0 saturated carbocycles. The van der Waals surface area contributed by atoms with E-state index < -0.39 is 0 Å². The van der Waals surface area contributed by atoms with Gasteiger partial charge in [0, 0.05) is 36.2 Å². The zero-order chi connectivity index (χ0) is 24.2. The third-order valence-electron chi connectivity index (χ3n) is 6.60. The summed E-state index contributed by atoms with van der Waals surface area (Å²) in [4.78, 5) is 18.5. The third-order valence-corrected chi connectivity index (χ3v) is 6.95. The van der Waals surface area contributed by atoms with E-state index in [1.54, 1.807) is 0 Å². The van der Waals surface area contributed by atoms with Gasteiger partial charge in [-0.3, -0.25) is 9.78 Å². The number of aromatic nitrogens is 2. The van der Waals surface area contributed by atoms with Crippen molar-refractivity contribution in [3.8, 4) is 5.69 Å². The van der Waals surface area contributed by atoms with Crippen molar-refractivity contribution in [2.24, 2.45) is 0 Å². The van der Waals surface area contributed by atoms with Gasteiger partial charge in [0.1, 0.15) is 0 Å². The van der Waals surface area contributed by atoms with E-state index in [9.17, 15) is 4.79 Å². The lowest BCUT2D eigenvalue weighted by atomic mass is 9.96. The van der Waals surface area contributed by atoms with Gasteiger partial charge in [-0.25, -0.2) is 0 Å². The van der Waals surface area contributed by atoms with Crippen LogP contribution in [0.25, 0.3) is 5.69 Å². The predicted molar refractivity (Wildman–Crippen MR) is 138 cm³/mol. The van der Waals surface area contributed by atoms with Gasteiger partial charge >= 0.3 is 5.97 Å². The molecule has 7 heteroatoms. The standard InChI is InChI=1S/C27H32N4O2S/c1-5-20-11-13-21(14-12-20)31-18(2)17-22(19(31)3)26-25(23-9-6-7-15-28-23)29-27(34)30(26)16-8-10-24(32)33-4/h6-7,9,11-15,17,25-26H,5,8,10,16H2,1-4H3,(H,29,34)/t25-,26-/m0/s1. The number of pyridine rings is 1. The molecule has 1 aliphatic rings. The first kappa shape index (κ1) is 24.0. The monoisotopic (exact) mass is 476 g/mol. The average Bonchev–Trinajstić information content (AvgIpc) is 3.34. The molecule has 0 amide bonds. The fourth-order valence-electron chi connectivity index (χ4n) is 4.85. The van der Waals surface area contributed by atoms with E-state index in [4.69, 9.17) is 17.0 Å². The highest BCUT2D eigenvalue weighted by Crippen LogP contribution is 2.41. The summed E-state index contributed by atoms with van der Waals surface area (Å²) in [6.07, 6.45) is 3.86. The highest BCUT2D eigenvalue weighted by Gasteiger charge is 2.41. The number of rotatable bonds is 8. The summed E-state index contributed by atoms with van der Waals surface area (Å²) in [5.41, 5.74) is 6.98. The second kappa shape index (κ2) is 10.4. The summed E-state index contributed by atoms with van der Waals surface area (Å²) in [5, 5.41) is 4.18. The number of thiocarbonyl (C=S) groups is 1. The topological polar surface area (TPSA) is 59.4 Å². The zero-order valence-corrected chi connectivity index (χ0v) is 21.1. The van der Waals surface area contributed by atoms with Crippen LogP contribution in [-0.4, -0.2) is 39.2 Å². The van der Waals surface area contributed by atoms with Gasteiger partial charge in [0.15, 0.2) is 5.11 Å². The lowest BCUT2D eigenvalue weighted by molar-refractivity contribution is -0.140. The summed E-state index contributed by atoms with van der Waals surface area (Å²) in [5.74, 6) is -0.204. The fraction of sp³-hybridized carbons (Fsp3) is 0.370. The van der Waals surface area contributed by atoms with E-state index in [1.807, 2.05) is 24.4 Å². The average molecular weight is 477 g/mol. The molecular weight excluding hydrogens is 444 g/mol. The van der Waals surface area contributed by atoms with Crippen LogP contribution in [0.15, 0.2) is 54.7 Å². The lowest BCUT2D eigenvalue weighted by Crippen LogP contribution is -2.31. The lowest BCUT2D eigenvalue weighted by Gasteiger charge is -2.28. The first-order chi connectivity index (χ1) is 16.4. The number of aryl methyl sites for hydroxylation is 2. The number of carbonyl (C=O) groups is 1. The normalized spacial score (nSPS) is 17.6. The number of methoxy groups -OCH3 is 1. The van der Waals surface area contributed by atoms with Crippen molar-refractivity contribution >= 4 is 23.3 Å². The maximum Gasteiger partial charge on any atom is 0.305 e. The highest BCUT2D eigenvalue weighted by atomic mass is 32.1. The van der Waals surface area contributed by atoms with Crippen LogP contribution in [-0.2, 0) is 16.0 Å². The van der Waals surface area contributed by atoms with Crippen molar-refractivity contribution in [1.29, 1.82) is 0 Å². The third kappa shape index (κ3) is 4.71. The molecule has 0 unspecified atom stereocenters. The molecule has 3 heterocycles. The Morgan fingerprint density at radius 2 is 1.94 bits per heavy atom. The minimum absolute atomic E-state index is 0.0325. The molecule has 0 aliphatic carbocycles. The Morgan fingerprint density at radius 1 is 1.18 bits per heavy atom. The van der Waals surface area contributed by atoms with E-state index in [0.717, 1.165) is 17.8 Å². The maximum atomic E-state index is 11.7. The van der Waals surface area contributed by atoms with Crippen LogP contribution in [0.5, 0.6) is 0 Å². The maximum absolute atomic E-state index is 11.7. The van der Waals surface area contributed by atoms with Crippen molar-refractivity contribution in [3.63, 3.8) is 0 Å². The van der Waals surface area contributed by atoms with Crippen LogP contribution in [0.2, 0.25) is 0 Å². The SMILES string of the molecule is CCc1ccc(-n2c(C)cc([C@H]3[C@H](c4ccccn4)NC(=S)N3CCCC(=O)OC)c2C)cc1. The van der Waals surface area contributed by atoms with E-state index in [2.05, 4.69) is 70.9 Å². The van der Waals surface area contributed by atoms with E-state index in [0.29, 0.717) is 24.5 Å². The Labute approximate surface area is 207 Å². The van der Waals surface area contributed by atoms with Crippen molar-refractivity contribution in [2.75, 3.05) is 13.7 Å². The number of nitrogens with zero attached hydrogens (tertiary/aromatic N) is 3. The summed E-state index contributed by atoms with van der Waals surface area (Å²) < 4.78 is 7.13. The molecule has 1 fully saturated rings. The molecule has 1 aromatic carbocycles. The van der Waals surface area contributed by atoms with E-state index in [1.165, 1.54) is 29.6 Å². The molecule has 0 bridgehead atoms. The summed E-state index contributed by atoms with van der Waals surface area (Å²) in [7, 11) is 1.42. The Morgan fingerprint density at radius 3 is 2.59 bits per heavy atom. The molecule has 2 atom stereocenters. The van der Waals surface area contributed by atoms with Crippen LogP contribution in [0.4, 0.5) is 0 Å². The Balaban J connectivity index is 1.73. The second-order valence-corrected chi connectivity index (χ2v) is 9.07. The number of nitrogens with one attached hydrogen (secondary N) is 1. The first-order valence-corrected chi connectivity index (χ1v) is 12.2. The summed E-state index contributed by atoms with van der Waals surface area (Å²) >= 11 is 5.77. The number of benzene rings is 1. The molecule has 1 aliphatic heterocycles. The number of esters is 1. The van der Waals surface area contributed by atoms with Crippen LogP contribution < -0.4 is 5.32 Å². The zero-order valence-electron chi connectivity index (χ0n) is 20.2. The van der Waals surface area contributed by atoms with Gasteiger partial charge < -0.3 is 19.5 Å². The van der Waals surface area contributed by atoms with Gasteiger partial charge in [-0.2, -0.15) is 0 Å². The quantitative estimate of drug-likeness (QED) is 0.366. The predicted octanol–water partition coefficient (Wildman–Crippen LogP) is 4.98. The molecule has 3 aromatic rings. The molecule has 6 nitrogen and oxygen atoms in total. The molecule has 178 valence electrons. The van der Waals surface area contributed by atoms with Gasteiger partial charge in [-0.15, -0.1) is 0 Å². The second-order valence-electron chi connectivity index (χ2n) is 8.68. The summed E-state index contributed by atoms with van der Waals surface area (Å²) in [6.45, 7) is 7.13. The van der Waals surface area contributed by atoms with Crippen molar-refractivity contribution < 1.29 is 9.53 Å². The first-order valence-electron chi connectivity index (χ1n) is 11.8. The minimum atomic E-state index is -0.204. The number of hydrogen-bond donors (Lipinski definition) is 1. The molecule has 0 radical (unpaired) electrons. The molecule has 1 N–H and O–H groups in total. The highest BCUT2D eigenvalue weighted by molar-refractivity contribution is 7.80. The van der Waals surface area contributed by atoms with Crippen LogP contribution >= 0.6 is 12.2 Å². The van der Waals surface area contributed by atoms with E-state index in [-0.39, 0.29) is 18.1 Å². The van der Waals surface area contributed by atoms with Gasteiger partial charge in [-0.1, -0.05) is 25.1 Å². The van der Waals surface area contributed by atoms with Crippen LogP contribution in [0.1, 0.15) is 60.1 Å². The molecule has 1 saturated heterocycles. The van der Waals surface area contributed by atoms with Gasteiger partial charge in [-0.05, 0) is 80.4 Å². The Bertz CT molecular complexity index is 1160.